The van der Waals surface area contributed by atoms with Gasteiger partial charge in [-0.1, -0.05) is 6.92 Å². The molecule has 2 rings (SSSR count). The normalized spacial score (nSPS) is 18.0. The van der Waals surface area contributed by atoms with Crippen LogP contribution in [0.25, 0.3) is 0 Å². The Morgan fingerprint density at radius 1 is 1.40 bits per heavy atom. The van der Waals surface area contributed by atoms with Gasteiger partial charge in [0, 0.05) is 32.2 Å². The number of amides is 1. The number of rotatable bonds is 4. The fourth-order valence-electron chi connectivity index (χ4n) is 2.54. The first-order chi connectivity index (χ1) is 9.52. The maximum Gasteiger partial charge on any atom is 0.252 e. The summed E-state index contributed by atoms with van der Waals surface area (Å²) in [5.41, 5.74) is 12.0. The van der Waals surface area contributed by atoms with Crippen LogP contribution < -0.4 is 16.4 Å². The second-order valence-corrected chi connectivity index (χ2v) is 5.28. The van der Waals surface area contributed by atoms with Gasteiger partial charge < -0.3 is 16.4 Å². The van der Waals surface area contributed by atoms with Gasteiger partial charge in [0.1, 0.15) is 5.82 Å². The van der Waals surface area contributed by atoms with E-state index in [9.17, 15) is 4.79 Å². The van der Waals surface area contributed by atoms with E-state index in [1.165, 1.54) is 0 Å². The lowest BCUT2D eigenvalue weighted by atomic mass is 10.1. The smallest absolute Gasteiger partial charge is 0.252 e. The standard InChI is InChI=1S/C14H23N5O/c1-3-10(2)18-4-6-19(7-5-18)14-12(13(16)20)8-11(15)9-17-14/h8-10H,3-7,15H2,1-2H3,(H2,16,20). The first kappa shape index (κ1) is 14.6. The van der Waals surface area contributed by atoms with Crippen molar-refractivity contribution in [1.29, 1.82) is 0 Å². The molecule has 0 spiro atoms. The summed E-state index contributed by atoms with van der Waals surface area (Å²) in [5.74, 6) is 0.166. The number of primary amides is 1. The van der Waals surface area contributed by atoms with Crippen molar-refractivity contribution in [3.63, 3.8) is 0 Å². The molecule has 4 N–H and O–H groups in total. The number of hydrogen-bond donors (Lipinski definition) is 2. The fraction of sp³-hybridized carbons (Fsp3) is 0.571. The minimum absolute atomic E-state index is 0.405. The Bertz CT molecular complexity index is 482. The van der Waals surface area contributed by atoms with Gasteiger partial charge in [0.25, 0.3) is 5.91 Å². The van der Waals surface area contributed by atoms with Crippen molar-refractivity contribution in [3.05, 3.63) is 17.8 Å². The van der Waals surface area contributed by atoms with Crippen molar-refractivity contribution in [3.8, 4) is 0 Å². The summed E-state index contributed by atoms with van der Waals surface area (Å²) < 4.78 is 0. The third kappa shape index (κ3) is 3.01. The van der Waals surface area contributed by atoms with Crippen molar-refractivity contribution in [2.45, 2.75) is 26.3 Å². The Hall–Kier alpha value is -1.82. The first-order valence-electron chi connectivity index (χ1n) is 7.07. The number of anilines is 2. The van der Waals surface area contributed by atoms with Gasteiger partial charge in [0.15, 0.2) is 0 Å². The minimum atomic E-state index is -0.482. The molecule has 0 bridgehead atoms. The molecule has 1 amide bonds. The number of nitrogens with two attached hydrogens (primary N) is 2. The topological polar surface area (TPSA) is 88.5 Å². The SMILES string of the molecule is CCC(C)N1CCN(c2ncc(N)cc2C(N)=O)CC1. The molecule has 2 heterocycles. The van der Waals surface area contributed by atoms with Crippen LogP contribution in [0.3, 0.4) is 0 Å². The van der Waals surface area contributed by atoms with Crippen molar-refractivity contribution in [2.75, 3.05) is 36.8 Å². The highest BCUT2D eigenvalue weighted by atomic mass is 16.1. The first-order valence-corrected chi connectivity index (χ1v) is 7.07. The second-order valence-electron chi connectivity index (χ2n) is 5.28. The maximum absolute atomic E-state index is 11.5. The van der Waals surface area contributed by atoms with Crippen LogP contribution in [-0.2, 0) is 0 Å². The average Bonchev–Trinajstić information content (AvgIpc) is 2.46. The van der Waals surface area contributed by atoms with Gasteiger partial charge >= 0.3 is 0 Å². The predicted molar refractivity (Wildman–Crippen MR) is 80.7 cm³/mol. The second kappa shape index (κ2) is 6.09. The van der Waals surface area contributed by atoms with Gasteiger partial charge in [-0.2, -0.15) is 0 Å². The largest absolute Gasteiger partial charge is 0.397 e. The van der Waals surface area contributed by atoms with Crippen LogP contribution in [0.2, 0.25) is 0 Å². The molecular formula is C14H23N5O. The van der Waals surface area contributed by atoms with Gasteiger partial charge in [0.05, 0.1) is 17.4 Å². The molecule has 0 radical (unpaired) electrons. The van der Waals surface area contributed by atoms with Crippen LogP contribution in [0.1, 0.15) is 30.6 Å². The molecule has 110 valence electrons. The average molecular weight is 277 g/mol. The third-order valence-electron chi connectivity index (χ3n) is 3.98. The van der Waals surface area contributed by atoms with E-state index >= 15 is 0 Å². The van der Waals surface area contributed by atoms with Crippen LogP contribution >= 0.6 is 0 Å². The van der Waals surface area contributed by atoms with Gasteiger partial charge in [-0.05, 0) is 19.4 Å². The fourth-order valence-corrected chi connectivity index (χ4v) is 2.54. The number of carbonyl (C=O) groups is 1. The Balaban J connectivity index is 2.13. The lowest BCUT2D eigenvalue weighted by molar-refractivity contribution is 0.1000. The summed E-state index contributed by atoms with van der Waals surface area (Å²) in [7, 11) is 0. The molecule has 1 aliphatic rings. The number of piperazine rings is 1. The van der Waals surface area contributed by atoms with E-state index in [-0.39, 0.29) is 0 Å². The number of hydrogen-bond acceptors (Lipinski definition) is 5. The highest BCUT2D eigenvalue weighted by Crippen LogP contribution is 2.21. The van der Waals surface area contributed by atoms with Crippen LogP contribution in [0.4, 0.5) is 11.5 Å². The number of aromatic nitrogens is 1. The van der Waals surface area contributed by atoms with E-state index in [2.05, 4.69) is 28.6 Å². The molecule has 0 aromatic carbocycles. The molecule has 1 atom stereocenters. The molecule has 1 aliphatic heterocycles. The van der Waals surface area contributed by atoms with Crippen LogP contribution in [-0.4, -0.2) is 48.0 Å². The van der Waals surface area contributed by atoms with Crippen molar-refractivity contribution < 1.29 is 4.79 Å². The summed E-state index contributed by atoms with van der Waals surface area (Å²) in [6.07, 6.45) is 2.72. The number of pyridine rings is 1. The molecule has 1 aromatic rings. The van der Waals surface area contributed by atoms with Gasteiger partial charge in [-0.25, -0.2) is 4.98 Å². The van der Waals surface area contributed by atoms with E-state index in [0.29, 0.717) is 23.1 Å². The molecular weight excluding hydrogens is 254 g/mol. The monoisotopic (exact) mass is 277 g/mol. The quantitative estimate of drug-likeness (QED) is 0.845. The Labute approximate surface area is 119 Å². The van der Waals surface area contributed by atoms with Gasteiger partial charge in [-0.15, -0.1) is 0 Å². The van der Waals surface area contributed by atoms with E-state index in [1.54, 1.807) is 12.3 Å². The summed E-state index contributed by atoms with van der Waals surface area (Å²) in [4.78, 5) is 20.4. The maximum atomic E-state index is 11.5. The summed E-state index contributed by atoms with van der Waals surface area (Å²) >= 11 is 0. The van der Waals surface area contributed by atoms with E-state index in [4.69, 9.17) is 11.5 Å². The van der Waals surface area contributed by atoms with Crippen LogP contribution in [0.5, 0.6) is 0 Å². The zero-order chi connectivity index (χ0) is 14.7. The molecule has 1 aromatic heterocycles. The summed E-state index contributed by atoms with van der Waals surface area (Å²) in [5, 5.41) is 0. The molecule has 6 heteroatoms. The minimum Gasteiger partial charge on any atom is -0.397 e. The van der Waals surface area contributed by atoms with Gasteiger partial charge in [0.2, 0.25) is 0 Å². The lowest BCUT2D eigenvalue weighted by Crippen LogP contribution is -2.50. The van der Waals surface area contributed by atoms with E-state index in [0.717, 1.165) is 32.6 Å². The lowest BCUT2D eigenvalue weighted by Gasteiger charge is -2.38. The number of carbonyl (C=O) groups excluding carboxylic acids is 1. The predicted octanol–water partition coefficient (Wildman–Crippen LogP) is 0.683. The van der Waals surface area contributed by atoms with Crippen molar-refractivity contribution >= 4 is 17.4 Å². The molecule has 0 aliphatic carbocycles. The summed E-state index contributed by atoms with van der Waals surface area (Å²) in [6.45, 7) is 8.08. The molecule has 1 unspecified atom stereocenters. The van der Waals surface area contributed by atoms with Crippen LogP contribution in [0, 0.1) is 0 Å². The number of nitrogens with zero attached hydrogens (tertiary/aromatic N) is 3. The molecule has 0 saturated carbocycles. The highest BCUT2D eigenvalue weighted by Gasteiger charge is 2.23. The van der Waals surface area contributed by atoms with Crippen molar-refractivity contribution in [2.24, 2.45) is 5.73 Å². The third-order valence-corrected chi connectivity index (χ3v) is 3.98. The zero-order valence-electron chi connectivity index (χ0n) is 12.2. The zero-order valence-corrected chi connectivity index (χ0v) is 12.2. The Kier molecular flexibility index (Phi) is 4.44. The van der Waals surface area contributed by atoms with Crippen molar-refractivity contribution in [1.82, 2.24) is 9.88 Å². The molecule has 20 heavy (non-hydrogen) atoms. The van der Waals surface area contributed by atoms with Gasteiger partial charge in [-0.3, -0.25) is 9.69 Å². The van der Waals surface area contributed by atoms with E-state index < -0.39 is 5.91 Å². The highest BCUT2D eigenvalue weighted by molar-refractivity contribution is 5.98. The Morgan fingerprint density at radius 2 is 2.05 bits per heavy atom. The molecule has 1 fully saturated rings. The molecule has 6 nitrogen and oxygen atoms in total. The van der Waals surface area contributed by atoms with Crippen LogP contribution in [0.15, 0.2) is 12.3 Å². The number of nitrogen functional groups attached to an aromatic ring is 1. The Morgan fingerprint density at radius 3 is 2.60 bits per heavy atom. The summed E-state index contributed by atoms with van der Waals surface area (Å²) in [6, 6.07) is 2.19. The van der Waals surface area contributed by atoms with E-state index in [1.807, 2.05) is 0 Å². The molecule has 1 saturated heterocycles.